The molecule has 4 nitrogen and oxygen atoms in total. The number of nitrogens with zero attached hydrogens (tertiary/aromatic N) is 1. The summed E-state index contributed by atoms with van der Waals surface area (Å²) in [5.74, 6) is -0.302. The number of rotatable bonds is 4. The van der Waals surface area contributed by atoms with Crippen LogP contribution in [0.1, 0.15) is 36.7 Å². The van der Waals surface area contributed by atoms with E-state index in [4.69, 9.17) is 4.74 Å². The van der Waals surface area contributed by atoms with E-state index in [1.54, 1.807) is 10.8 Å². The number of ether oxygens (including phenoxy) is 1. The highest BCUT2D eigenvalue weighted by atomic mass is 16.5. The predicted molar refractivity (Wildman–Crippen MR) is 77.9 cm³/mol. The number of esters is 1. The summed E-state index contributed by atoms with van der Waals surface area (Å²) in [5, 5.41) is 0.884. The van der Waals surface area contributed by atoms with Crippen LogP contribution < -0.4 is 0 Å². The van der Waals surface area contributed by atoms with Crippen molar-refractivity contribution in [2.75, 3.05) is 0 Å². The minimum absolute atomic E-state index is 0.00317. The number of carbonyl (C=O) groups excluding carboxylic acids is 2. The van der Waals surface area contributed by atoms with Gasteiger partial charge < -0.3 is 9.30 Å². The van der Waals surface area contributed by atoms with Crippen LogP contribution in [0.2, 0.25) is 0 Å². The number of fused-ring (bicyclic) bond motifs is 1. The van der Waals surface area contributed by atoms with E-state index in [0.29, 0.717) is 5.56 Å². The quantitative estimate of drug-likeness (QED) is 0.635. The Morgan fingerprint density at radius 2 is 2.00 bits per heavy atom. The SMILES string of the molecule is CC(=O)c1cn(CC(=O)OC(C)C)c2ccc(C)cc12. The molecule has 0 fully saturated rings. The molecule has 0 bridgehead atoms. The number of Topliss-reactive ketones (excluding diaryl/α,β-unsaturated/α-hetero) is 1. The molecule has 0 saturated heterocycles. The minimum Gasteiger partial charge on any atom is -0.462 e. The maximum Gasteiger partial charge on any atom is 0.326 e. The smallest absolute Gasteiger partial charge is 0.326 e. The van der Waals surface area contributed by atoms with Crippen molar-refractivity contribution in [1.29, 1.82) is 0 Å². The average Bonchev–Trinajstić information content (AvgIpc) is 2.66. The van der Waals surface area contributed by atoms with Gasteiger partial charge in [0.2, 0.25) is 0 Å². The van der Waals surface area contributed by atoms with Crippen LogP contribution in [-0.2, 0) is 16.1 Å². The van der Waals surface area contributed by atoms with E-state index < -0.39 is 0 Å². The monoisotopic (exact) mass is 273 g/mol. The van der Waals surface area contributed by atoms with Gasteiger partial charge in [-0.25, -0.2) is 0 Å². The molecule has 0 unspecified atom stereocenters. The van der Waals surface area contributed by atoms with Crippen molar-refractivity contribution in [3.8, 4) is 0 Å². The third kappa shape index (κ3) is 2.90. The van der Waals surface area contributed by atoms with Gasteiger partial charge in [-0.1, -0.05) is 11.6 Å². The van der Waals surface area contributed by atoms with E-state index in [2.05, 4.69) is 0 Å². The first-order valence-electron chi connectivity index (χ1n) is 6.68. The Kier molecular flexibility index (Phi) is 3.93. The van der Waals surface area contributed by atoms with E-state index in [9.17, 15) is 9.59 Å². The van der Waals surface area contributed by atoms with E-state index in [1.165, 1.54) is 6.92 Å². The van der Waals surface area contributed by atoms with Crippen molar-refractivity contribution in [1.82, 2.24) is 4.57 Å². The summed E-state index contributed by atoms with van der Waals surface area (Å²) in [6.45, 7) is 7.26. The first-order chi connectivity index (χ1) is 9.38. The Balaban J connectivity index is 2.44. The highest BCUT2D eigenvalue weighted by molar-refractivity contribution is 6.07. The summed E-state index contributed by atoms with van der Waals surface area (Å²) >= 11 is 0. The zero-order valence-electron chi connectivity index (χ0n) is 12.3. The van der Waals surface area contributed by atoms with E-state index in [-0.39, 0.29) is 24.4 Å². The van der Waals surface area contributed by atoms with Gasteiger partial charge >= 0.3 is 5.97 Å². The predicted octanol–water partition coefficient (Wildman–Crippen LogP) is 3.10. The van der Waals surface area contributed by atoms with Gasteiger partial charge in [-0.3, -0.25) is 9.59 Å². The lowest BCUT2D eigenvalue weighted by Crippen LogP contribution is -2.17. The number of hydrogen-bond acceptors (Lipinski definition) is 3. The second-order valence-electron chi connectivity index (χ2n) is 5.29. The molecular formula is C16H19NO3. The summed E-state index contributed by atoms with van der Waals surface area (Å²) in [4.78, 5) is 23.5. The lowest BCUT2D eigenvalue weighted by atomic mass is 10.1. The van der Waals surface area contributed by atoms with E-state index in [1.807, 2.05) is 39.0 Å². The van der Waals surface area contributed by atoms with E-state index in [0.717, 1.165) is 16.5 Å². The lowest BCUT2D eigenvalue weighted by Gasteiger charge is -2.09. The van der Waals surface area contributed by atoms with Gasteiger partial charge in [0.1, 0.15) is 6.54 Å². The molecule has 0 aliphatic carbocycles. The molecule has 2 rings (SSSR count). The molecule has 0 aliphatic heterocycles. The molecule has 106 valence electrons. The van der Waals surface area contributed by atoms with Crippen LogP contribution in [0.4, 0.5) is 0 Å². The molecule has 0 N–H and O–H groups in total. The molecule has 20 heavy (non-hydrogen) atoms. The maximum atomic E-state index is 11.8. The van der Waals surface area contributed by atoms with Gasteiger partial charge in [0.25, 0.3) is 0 Å². The van der Waals surface area contributed by atoms with Crippen LogP contribution in [0.15, 0.2) is 24.4 Å². The molecular weight excluding hydrogens is 254 g/mol. The second-order valence-corrected chi connectivity index (χ2v) is 5.29. The van der Waals surface area contributed by atoms with Crippen LogP contribution in [0.25, 0.3) is 10.9 Å². The van der Waals surface area contributed by atoms with Crippen molar-refractivity contribution in [2.45, 2.75) is 40.3 Å². The summed E-state index contributed by atoms with van der Waals surface area (Å²) in [6.07, 6.45) is 1.59. The average molecular weight is 273 g/mol. The first kappa shape index (κ1) is 14.3. The minimum atomic E-state index is -0.299. The van der Waals surface area contributed by atoms with Gasteiger partial charge in [0.05, 0.1) is 6.10 Å². The first-order valence-corrected chi connectivity index (χ1v) is 6.68. The third-order valence-corrected chi connectivity index (χ3v) is 3.08. The Morgan fingerprint density at radius 3 is 2.60 bits per heavy atom. The van der Waals surface area contributed by atoms with Crippen molar-refractivity contribution >= 4 is 22.7 Å². The number of aromatic nitrogens is 1. The molecule has 4 heteroatoms. The molecule has 0 spiro atoms. The lowest BCUT2D eigenvalue weighted by molar-refractivity contribution is -0.148. The largest absolute Gasteiger partial charge is 0.462 e. The maximum absolute atomic E-state index is 11.8. The van der Waals surface area contributed by atoms with Crippen molar-refractivity contribution < 1.29 is 14.3 Å². The summed E-state index contributed by atoms with van der Waals surface area (Å²) in [7, 11) is 0. The fourth-order valence-electron chi connectivity index (χ4n) is 2.26. The number of benzene rings is 1. The Morgan fingerprint density at radius 1 is 1.30 bits per heavy atom. The van der Waals surface area contributed by atoms with Gasteiger partial charge in [0.15, 0.2) is 5.78 Å². The topological polar surface area (TPSA) is 48.3 Å². The molecule has 0 aliphatic rings. The van der Waals surface area contributed by atoms with Crippen molar-refractivity contribution in [2.24, 2.45) is 0 Å². The van der Waals surface area contributed by atoms with Crippen LogP contribution in [0, 0.1) is 6.92 Å². The van der Waals surface area contributed by atoms with Crippen LogP contribution in [0.3, 0.4) is 0 Å². The summed E-state index contributed by atoms with van der Waals surface area (Å²) in [6, 6.07) is 5.87. The standard InChI is InChI=1S/C16H19NO3/c1-10(2)20-16(19)9-17-8-14(12(4)18)13-7-11(3)5-6-15(13)17/h5-8,10H,9H2,1-4H3. The Labute approximate surface area is 118 Å². The molecule has 0 saturated carbocycles. The van der Waals surface area contributed by atoms with Crippen LogP contribution in [0.5, 0.6) is 0 Å². The zero-order valence-corrected chi connectivity index (χ0v) is 12.3. The van der Waals surface area contributed by atoms with Gasteiger partial charge in [-0.2, -0.15) is 0 Å². The molecule has 2 aromatic rings. The number of ketones is 1. The molecule has 1 heterocycles. The normalized spacial score (nSPS) is 11.1. The van der Waals surface area contributed by atoms with Crippen molar-refractivity contribution in [3.63, 3.8) is 0 Å². The summed E-state index contributed by atoms with van der Waals surface area (Å²) < 4.78 is 6.93. The highest BCUT2D eigenvalue weighted by Gasteiger charge is 2.15. The van der Waals surface area contributed by atoms with Gasteiger partial charge in [-0.15, -0.1) is 0 Å². The van der Waals surface area contributed by atoms with Crippen LogP contribution in [-0.4, -0.2) is 22.4 Å². The van der Waals surface area contributed by atoms with E-state index >= 15 is 0 Å². The third-order valence-electron chi connectivity index (χ3n) is 3.08. The van der Waals surface area contributed by atoms with Crippen molar-refractivity contribution in [3.05, 3.63) is 35.5 Å². The second kappa shape index (κ2) is 5.49. The molecule has 0 radical (unpaired) electrons. The Hall–Kier alpha value is -2.10. The zero-order chi connectivity index (χ0) is 14.9. The van der Waals surface area contributed by atoms with Crippen LogP contribution >= 0.6 is 0 Å². The number of carbonyl (C=O) groups is 2. The fraction of sp³-hybridized carbons (Fsp3) is 0.375. The molecule has 1 aromatic heterocycles. The number of hydrogen-bond donors (Lipinski definition) is 0. The number of aryl methyl sites for hydroxylation is 1. The van der Waals surface area contributed by atoms with Gasteiger partial charge in [0, 0.05) is 22.7 Å². The summed E-state index contributed by atoms with van der Waals surface area (Å²) in [5.41, 5.74) is 2.60. The molecule has 0 amide bonds. The van der Waals surface area contributed by atoms with Gasteiger partial charge in [-0.05, 0) is 39.8 Å². The Bertz CT molecular complexity index is 668. The molecule has 1 aromatic carbocycles. The highest BCUT2D eigenvalue weighted by Crippen LogP contribution is 2.23. The fourth-order valence-corrected chi connectivity index (χ4v) is 2.26. The molecule has 0 atom stereocenters.